The molecule has 0 aromatic carbocycles. The van der Waals surface area contributed by atoms with Crippen molar-refractivity contribution in [3.63, 3.8) is 0 Å². The first-order valence-electron chi connectivity index (χ1n) is 6.74. The Labute approximate surface area is 107 Å². The van der Waals surface area contributed by atoms with Crippen LogP contribution >= 0.6 is 0 Å². The molecule has 3 rings (SSSR count). The van der Waals surface area contributed by atoms with Crippen molar-refractivity contribution in [2.75, 3.05) is 18.0 Å². The van der Waals surface area contributed by atoms with E-state index < -0.39 is 0 Å². The predicted octanol–water partition coefficient (Wildman–Crippen LogP) is 1.92. The second kappa shape index (κ2) is 4.55. The lowest BCUT2D eigenvalue weighted by molar-refractivity contribution is 0.435. The summed E-state index contributed by atoms with van der Waals surface area (Å²) in [6, 6.07) is 4.06. The van der Waals surface area contributed by atoms with Crippen molar-refractivity contribution < 1.29 is 0 Å². The van der Waals surface area contributed by atoms with E-state index in [9.17, 15) is 0 Å². The molecule has 0 bridgehead atoms. The summed E-state index contributed by atoms with van der Waals surface area (Å²) >= 11 is 0. The number of fused-ring (bicyclic) bond motifs is 1. The lowest BCUT2D eigenvalue weighted by Crippen LogP contribution is -2.33. The smallest absolute Gasteiger partial charge is 0.178 e. The summed E-state index contributed by atoms with van der Waals surface area (Å²) in [7, 11) is 0. The second-order valence-electron chi connectivity index (χ2n) is 5.10. The quantitative estimate of drug-likeness (QED) is 0.811. The maximum atomic E-state index is 4.67. The Hall–Kier alpha value is -1.65. The molecule has 0 spiro atoms. The van der Waals surface area contributed by atoms with Gasteiger partial charge in [0.2, 0.25) is 0 Å². The number of rotatable bonds is 2. The Morgan fingerprint density at radius 1 is 1.22 bits per heavy atom. The van der Waals surface area contributed by atoms with Gasteiger partial charge in [-0.3, -0.25) is 0 Å². The van der Waals surface area contributed by atoms with Crippen LogP contribution in [0.25, 0.3) is 5.65 Å². The van der Waals surface area contributed by atoms with Gasteiger partial charge in [0.05, 0.1) is 0 Å². The summed E-state index contributed by atoms with van der Waals surface area (Å²) in [6.45, 7) is 6.60. The molecule has 5 nitrogen and oxygen atoms in total. The maximum absolute atomic E-state index is 4.67. The van der Waals surface area contributed by atoms with Gasteiger partial charge in [0.25, 0.3) is 0 Å². The summed E-state index contributed by atoms with van der Waals surface area (Å²) in [5.41, 5.74) is 0.834. The normalized spacial score (nSPS) is 17.6. The third-order valence-electron chi connectivity index (χ3n) is 3.74. The fourth-order valence-electron chi connectivity index (χ4n) is 2.45. The molecule has 0 unspecified atom stereocenters. The highest BCUT2D eigenvalue weighted by Crippen LogP contribution is 2.21. The van der Waals surface area contributed by atoms with E-state index in [1.54, 1.807) is 0 Å². The SMILES string of the molecule is CCc1nnc2ccc(N3CCC(C)CC3)nn12. The van der Waals surface area contributed by atoms with E-state index in [4.69, 9.17) is 0 Å². The van der Waals surface area contributed by atoms with Gasteiger partial charge in [0.15, 0.2) is 11.5 Å². The van der Waals surface area contributed by atoms with Crippen molar-refractivity contribution in [1.82, 2.24) is 19.8 Å². The van der Waals surface area contributed by atoms with E-state index in [0.29, 0.717) is 0 Å². The number of aryl methyl sites for hydroxylation is 1. The summed E-state index contributed by atoms with van der Waals surface area (Å²) in [4.78, 5) is 2.36. The van der Waals surface area contributed by atoms with Crippen molar-refractivity contribution in [2.24, 2.45) is 5.92 Å². The average molecular weight is 245 g/mol. The topological polar surface area (TPSA) is 46.3 Å². The molecule has 96 valence electrons. The van der Waals surface area contributed by atoms with E-state index in [2.05, 4.69) is 40.1 Å². The molecule has 2 aromatic heterocycles. The molecular formula is C13H19N5. The third-order valence-corrected chi connectivity index (χ3v) is 3.74. The van der Waals surface area contributed by atoms with Gasteiger partial charge in [0.1, 0.15) is 5.82 Å². The minimum absolute atomic E-state index is 0.834. The van der Waals surface area contributed by atoms with E-state index in [-0.39, 0.29) is 0 Å². The number of aromatic nitrogens is 4. The highest BCUT2D eigenvalue weighted by atomic mass is 15.4. The van der Waals surface area contributed by atoms with Crippen LogP contribution in [0.3, 0.4) is 0 Å². The third kappa shape index (κ3) is 1.94. The maximum Gasteiger partial charge on any atom is 0.178 e. The van der Waals surface area contributed by atoms with Gasteiger partial charge >= 0.3 is 0 Å². The van der Waals surface area contributed by atoms with Gasteiger partial charge in [-0.05, 0) is 30.9 Å². The average Bonchev–Trinajstić information content (AvgIpc) is 2.81. The molecule has 1 fully saturated rings. The lowest BCUT2D eigenvalue weighted by atomic mass is 9.99. The van der Waals surface area contributed by atoms with Crippen molar-refractivity contribution in [3.8, 4) is 0 Å². The fraction of sp³-hybridized carbons (Fsp3) is 0.615. The van der Waals surface area contributed by atoms with Crippen LogP contribution in [-0.2, 0) is 6.42 Å². The second-order valence-corrected chi connectivity index (χ2v) is 5.10. The molecule has 2 aromatic rings. The van der Waals surface area contributed by atoms with Gasteiger partial charge in [-0.2, -0.15) is 4.52 Å². The van der Waals surface area contributed by atoms with Crippen LogP contribution in [0.4, 0.5) is 5.82 Å². The van der Waals surface area contributed by atoms with Crippen molar-refractivity contribution in [2.45, 2.75) is 33.1 Å². The number of anilines is 1. The molecule has 18 heavy (non-hydrogen) atoms. The Bertz CT molecular complexity index is 539. The van der Waals surface area contributed by atoms with E-state index in [1.807, 2.05) is 10.6 Å². The Balaban J connectivity index is 1.92. The molecule has 1 aliphatic heterocycles. The number of nitrogens with zero attached hydrogens (tertiary/aromatic N) is 5. The van der Waals surface area contributed by atoms with Crippen LogP contribution < -0.4 is 4.90 Å². The Morgan fingerprint density at radius 2 is 2.00 bits per heavy atom. The highest BCUT2D eigenvalue weighted by Gasteiger charge is 2.17. The van der Waals surface area contributed by atoms with Gasteiger partial charge in [-0.15, -0.1) is 15.3 Å². The molecule has 0 saturated carbocycles. The zero-order chi connectivity index (χ0) is 12.5. The summed E-state index contributed by atoms with van der Waals surface area (Å²) < 4.78 is 1.87. The first-order chi connectivity index (χ1) is 8.78. The summed E-state index contributed by atoms with van der Waals surface area (Å²) in [5, 5.41) is 12.9. The molecule has 3 heterocycles. The summed E-state index contributed by atoms with van der Waals surface area (Å²) in [5.74, 6) is 2.81. The monoisotopic (exact) mass is 245 g/mol. The molecule has 1 saturated heterocycles. The highest BCUT2D eigenvalue weighted by molar-refractivity contribution is 5.46. The van der Waals surface area contributed by atoms with Gasteiger partial charge in [0, 0.05) is 19.5 Å². The van der Waals surface area contributed by atoms with E-state index >= 15 is 0 Å². The Kier molecular flexibility index (Phi) is 2.89. The first-order valence-corrected chi connectivity index (χ1v) is 6.74. The lowest BCUT2D eigenvalue weighted by Gasteiger charge is -2.30. The predicted molar refractivity (Wildman–Crippen MR) is 70.8 cm³/mol. The molecular weight excluding hydrogens is 226 g/mol. The minimum Gasteiger partial charge on any atom is -0.355 e. The van der Waals surface area contributed by atoms with E-state index in [1.165, 1.54) is 12.8 Å². The zero-order valence-electron chi connectivity index (χ0n) is 11.0. The molecule has 0 N–H and O–H groups in total. The van der Waals surface area contributed by atoms with Crippen molar-refractivity contribution in [1.29, 1.82) is 0 Å². The molecule has 0 radical (unpaired) electrons. The van der Waals surface area contributed by atoms with Crippen LogP contribution in [0, 0.1) is 5.92 Å². The Morgan fingerprint density at radius 3 is 2.72 bits per heavy atom. The van der Waals surface area contributed by atoms with Gasteiger partial charge in [-0.25, -0.2) is 0 Å². The van der Waals surface area contributed by atoms with Gasteiger partial charge < -0.3 is 4.90 Å². The largest absolute Gasteiger partial charge is 0.355 e. The molecule has 1 aliphatic rings. The van der Waals surface area contributed by atoms with Crippen LogP contribution in [-0.4, -0.2) is 32.9 Å². The summed E-state index contributed by atoms with van der Waals surface area (Å²) in [6.07, 6.45) is 3.36. The first kappa shape index (κ1) is 11.4. The minimum atomic E-state index is 0.834. The standard InChI is InChI=1S/C13H19N5/c1-3-11-14-15-12-4-5-13(16-18(11)12)17-8-6-10(2)7-9-17/h4-5,10H,3,6-9H2,1-2H3. The molecule has 0 amide bonds. The number of hydrogen-bond donors (Lipinski definition) is 0. The van der Waals surface area contributed by atoms with Crippen LogP contribution in [0.1, 0.15) is 32.5 Å². The molecule has 0 aliphatic carbocycles. The van der Waals surface area contributed by atoms with Gasteiger partial charge in [-0.1, -0.05) is 13.8 Å². The van der Waals surface area contributed by atoms with Crippen molar-refractivity contribution >= 4 is 11.5 Å². The fourth-order valence-corrected chi connectivity index (χ4v) is 2.45. The van der Waals surface area contributed by atoms with E-state index in [0.717, 1.165) is 42.7 Å². The van der Waals surface area contributed by atoms with Crippen LogP contribution in [0.15, 0.2) is 12.1 Å². The molecule has 5 heteroatoms. The van der Waals surface area contributed by atoms with Crippen LogP contribution in [0.5, 0.6) is 0 Å². The number of hydrogen-bond acceptors (Lipinski definition) is 4. The number of piperidine rings is 1. The van der Waals surface area contributed by atoms with Crippen LogP contribution in [0.2, 0.25) is 0 Å². The zero-order valence-corrected chi connectivity index (χ0v) is 11.0. The molecule has 0 atom stereocenters. The van der Waals surface area contributed by atoms with Crippen molar-refractivity contribution in [3.05, 3.63) is 18.0 Å².